The summed E-state index contributed by atoms with van der Waals surface area (Å²) in [7, 11) is -3.99. The van der Waals surface area contributed by atoms with Gasteiger partial charge in [-0.15, -0.1) is 0 Å². The highest BCUT2D eigenvalue weighted by molar-refractivity contribution is 7.90. The molecule has 22 heavy (non-hydrogen) atoms. The Morgan fingerprint density at radius 2 is 2.18 bits per heavy atom. The van der Waals surface area contributed by atoms with Gasteiger partial charge < -0.3 is 5.32 Å². The van der Waals surface area contributed by atoms with Crippen LogP contribution in [-0.4, -0.2) is 24.6 Å². The van der Waals surface area contributed by atoms with E-state index in [0.29, 0.717) is 22.2 Å². The summed E-state index contributed by atoms with van der Waals surface area (Å²) in [4.78, 5) is 16.2. The second kappa shape index (κ2) is 6.27. The summed E-state index contributed by atoms with van der Waals surface area (Å²) in [5.41, 5.74) is 0.992. The molecule has 0 aliphatic rings. The minimum absolute atomic E-state index is 0.128. The van der Waals surface area contributed by atoms with E-state index in [1.54, 1.807) is 19.9 Å². The minimum atomic E-state index is -3.99. The monoisotopic (exact) mass is 345 g/mol. The Hall–Kier alpha value is -1.58. The number of aromatic nitrogens is 1. The number of primary sulfonamides is 1. The number of hydrogen-bond acceptors (Lipinski definition) is 5. The first-order chi connectivity index (χ1) is 10.2. The van der Waals surface area contributed by atoms with Gasteiger partial charge in [0.2, 0.25) is 15.9 Å². The molecule has 0 saturated heterocycles. The van der Waals surface area contributed by atoms with Crippen LogP contribution in [0.3, 0.4) is 0 Å². The molecule has 6 nitrogen and oxygen atoms in total. The minimum Gasteiger partial charge on any atom is -0.301 e. The smallest absolute Gasteiger partial charge is 0.245 e. The maximum Gasteiger partial charge on any atom is 0.245 e. The average molecular weight is 345 g/mol. The van der Waals surface area contributed by atoms with E-state index in [1.165, 1.54) is 6.07 Å². The van der Waals surface area contributed by atoms with Crippen LogP contribution in [0.4, 0.5) is 9.52 Å². The first kappa shape index (κ1) is 16.8. The summed E-state index contributed by atoms with van der Waals surface area (Å²) in [6.07, 6.45) is 0.627. The highest BCUT2D eigenvalue weighted by atomic mass is 32.2. The third kappa shape index (κ3) is 3.60. The highest BCUT2D eigenvalue weighted by Gasteiger charge is 2.29. The number of nitrogens with zero attached hydrogens (tertiary/aromatic N) is 1. The summed E-state index contributed by atoms with van der Waals surface area (Å²) in [5, 5.41) is 6.43. The Kier molecular flexibility index (Phi) is 4.78. The number of sulfonamides is 1. The second-order valence-corrected chi connectivity index (χ2v) is 7.72. The number of hydrogen-bond donors (Lipinski definition) is 2. The van der Waals surface area contributed by atoms with Gasteiger partial charge in [-0.25, -0.2) is 22.9 Å². The zero-order valence-electron chi connectivity index (χ0n) is 12.1. The predicted octanol–water partition coefficient (Wildman–Crippen LogP) is 2.14. The molecule has 0 bridgehead atoms. The molecule has 1 aromatic heterocycles. The fraction of sp³-hybridized carbons (Fsp3) is 0.385. The topological polar surface area (TPSA) is 102 Å². The maximum atomic E-state index is 13.5. The first-order valence-electron chi connectivity index (χ1n) is 6.61. The van der Waals surface area contributed by atoms with Crippen molar-refractivity contribution in [3.05, 3.63) is 23.5 Å². The van der Waals surface area contributed by atoms with Crippen molar-refractivity contribution in [1.82, 2.24) is 4.98 Å². The molecule has 0 saturated carbocycles. The van der Waals surface area contributed by atoms with Crippen molar-refractivity contribution in [2.24, 2.45) is 5.14 Å². The van der Waals surface area contributed by atoms with Gasteiger partial charge in [-0.05, 0) is 31.0 Å². The Labute approximate surface area is 131 Å². The van der Waals surface area contributed by atoms with Gasteiger partial charge in [-0.2, -0.15) is 0 Å². The molecule has 1 amide bonds. The van der Waals surface area contributed by atoms with Gasteiger partial charge in [-0.3, -0.25) is 4.79 Å². The van der Waals surface area contributed by atoms with Crippen molar-refractivity contribution in [2.75, 3.05) is 5.32 Å². The SMILES string of the molecule is CCCC(C(=O)Nc1nc2cc(C)c(F)cc2s1)S(N)(=O)=O. The van der Waals surface area contributed by atoms with Crippen LogP contribution < -0.4 is 10.5 Å². The van der Waals surface area contributed by atoms with Gasteiger partial charge in [0.15, 0.2) is 10.4 Å². The van der Waals surface area contributed by atoms with Crippen LogP contribution in [0.25, 0.3) is 10.2 Å². The zero-order chi connectivity index (χ0) is 16.5. The number of carbonyl (C=O) groups excluding carboxylic acids is 1. The number of anilines is 1. The van der Waals surface area contributed by atoms with Crippen molar-refractivity contribution < 1.29 is 17.6 Å². The lowest BCUT2D eigenvalue weighted by Gasteiger charge is -2.12. The number of nitrogens with two attached hydrogens (primary N) is 1. The Morgan fingerprint density at radius 3 is 2.77 bits per heavy atom. The Morgan fingerprint density at radius 1 is 1.50 bits per heavy atom. The van der Waals surface area contributed by atoms with E-state index in [4.69, 9.17) is 5.14 Å². The average Bonchev–Trinajstić information content (AvgIpc) is 2.76. The van der Waals surface area contributed by atoms with Crippen LogP contribution >= 0.6 is 11.3 Å². The first-order valence-corrected chi connectivity index (χ1v) is 9.04. The van der Waals surface area contributed by atoms with E-state index in [9.17, 15) is 17.6 Å². The van der Waals surface area contributed by atoms with Crippen LogP contribution in [0.15, 0.2) is 12.1 Å². The molecule has 1 unspecified atom stereocenters. The molecule has 1 heterocycles. The number of halogens is 1. The van der Waals surface area contributed by atoms with Crippen molar-refractivity contribution in [1.29, 1.82) is 0 Å². The number of thiazole rings is 1. The van der Waals surface area contributed by atoms with Crippen LogP contribution in [0.2, 0.25) is 0 Å². The molecule has 2 rings (SSSR count). The molecule has 0 aliphatic heterocycles. The Bertz CT molecular complexity index is 778. The van der Waals surface area contributed by atoms with Gasteiger partial charge in [0.05, 0.1) is 10.2 Å². The quantitative estimate of drug-likeness (QED) is 0.866. The largest absolute Gasteiger partial charge is 0.301 e. The summed E-state index contributed by atoms with van der Waals surface area (Å²) in [5.74, 6) is -1.08. The van der Waals surface area contributed by atoms with Gasteiger partial charge in [-0.1, -0.05) is 24.7 Å². The van der Waals surface area contributed by atoms with E-state index < -0.39 is 21.2 Å². The van der Waals surface area contributed by atoms with E-state index in [1.807, 2.05) is 0 Å². The lowest BCUT2D eigenvalue weighted by Crippen LogP contribution is -2.39. The molecular weight excluding hydrogens is 329 g/mol. The molecule has 3 N–H and O–H groups in total. The standard InChI is InChI=1S/C13H16FN3O3S2/c1-3-4-11(22(15,19)20)12(18)17-13-16-9-5-7(2)8(14)6-10(9)21-13/h5-6,11H,3-4H2,1-2H3,(H2,15,19,20)(H,16,17,18). The molecule has 1 atom stereocenters. The lowest BCUT2D eigenvalue weighted by molar-refractivity contribution is -0.115. The summed E-state index contributed by atoms with van der Waals surface area (Å²) >= 11 is 1.08. The van der Waals surface area contributed by atoms with Gasteiger partial charge in [0, 0.05) is 0 Å². The van der Waals surface area contributed by atoms with Crippen LogP contribution in [-0.2, 0) is 14.8 Å². The number of amides is 1. The predicted molar refractivity (Wildman–Crippen MR) is 84.7 cm³/mol. The maximum absolute atomic E-state index is 13.5. The van der Waals surface area contributed by atoms with Crippen molar-refractivity contribution >= 4 is 42.6 Å². The van der Waals surface area contributed by atoms with E-state index in [2.05, 4.69) is 10.3 Å². The highest BCUT2D eigenvalue weighted by Crippen LogP contribution is 2.28. The Balaban J connectivity index is 2.28. The third-order valence-corrected chi connectivity index (χ3v) is 5.32. The normalized spacial score (nSPS) is 13.3. The molecule has 0 spiro atoms. The van der Waals surface area contributed by atoms with Crippen LogP contribution in [0.5, 0.6) is 0 Å². The summed E-state index contributed by atoms with van der Waals surface area (Å²) < 4.78 is 37.0. The van der Waals surface area contributed by atoms with Gasteiger partial charge in [0.25, 0.3) is 0 Å². The molecule has 0 fully saturated rings. The van der Waals surface area contributed by atoms with Crippen molar-refractivity contribution in [3.8, 4) is 0 Å². The number of carbonyl (C=O) groups is 1. The van der Waals surface area contributed by atoms with Crippen molar-refractivity contribution in [2.45, 2.75) is 31.9 Å². The van der Waals surface area contributed by atoms with Gasteiger partial charge in [0.1, 0.15) is 5.82 Å². The fourth-order valence-electron chi connectivity index (χ4n) is 2.00. The molecule has 9 heteroatoms. The van der Waals surface area contributed by atoms with E-state index in [0.717, 1.165) is 11.3 Å². The molecule has 2 aromatic rings. The summed E-state index contributed by atoms with van der Waals surface area (Å²) in [6, 6.07) is 2.90. The number of nitrogens with one attached hydrogen (secondary N) is 1. The fourth-order valence-corrected chi connectivity index (χ4v) is 3.80. The number of rotatable bonds is 5. The second-order valence-electron chi connectivity index (χ2n) is 4.94. The van der Waals surface area contributed by atoms with E-state index in [-0.39, 0.29) is 17.4 Å². The molecule has 120 valence electrons. The van der Waals surface area contributed by atoms with E-state index >= 15 is 0 Å². The van der Waals surface area contributed by atoms with Crippen molar-refractivity contribution in [3.63, 3.8) is 0 Å². The summed E-state index contributed by atoms with van der Waals surface area (Å²) in [6.45, 7) is 3.37. The zero-order valence-corrected chi connectivity index (χ0v) is 13.7. The lowest BCUT2D eigenvalue weighted by atomic mass is 10.2. The van der Waals surface area contributed by atoms with Crippen LogP contribution in [0, 0.1) is 12.7 Å². The van der Waals surface area contributed by atoms with Crippen LogP contribution in [0.1, 0.15) is 25.3 Å². The molecule has 1 aromatic carbocycles. The van der Waals surface area contributed by atoms with Gasteiger partial charge >= 0.3 is 0 Å². The third-order valence-electron chi connectivity index (χ3n) is 3.14. The number of fused-ring (bicyclic) bond motifs is 1. The number of aryl methyl sites for hydroxylation is 1. The number of benzene rings is 1. The molecule has 0 radical (unpaired) electrons. The molecule has 0 aliphatic carbocycles. The molecular formula is C13H16FN3O3S2.